The lowest BCUT2D eigenvalue weighted by atomic mass is 10.0. The minimum absolute atomic E-state index is 0.127. The normalized spacial score (nSPS) is 13.0. The van der Waals surface area contributed by atoms with E-state index in [0.29, 0.717) is 33.3 Å². The molecule has 6 heteroatoms. The summed E-state index contributed by atoms with van der Waals surface area (Å²) in [5, 5.41) is 2.40. The Kier molecular flexibility index (Phi) is 3.94. The third kappa shape index (κ3) is 2.80. The Morgan fingerprint density at radius 3 is 2.16 bits per heavy atom. The van der Waals surface area contributed by atoms with Crippen LogP contribution in [0.1, 0.15) is 25.7 Å². The molecule has 0 bridgehead atoms. The fourth-order valence-electron chi connectivity index (χ4n) is 3.92. The number of aromatic nitrogens is 1. The molecule has 0 N–H and O–H groups in total. The molecule has 150 valence electrons. The summed E-state index contributed by atoms with van der Waals surface area (Å²) < 4.78 is 6.68. The maximum absolute atomic E-state index is 12.9. The van der Waals surface area contributed by atoms with Gasteiger partial charge in [0.15, 0.2) is 17.3 Å². The summed E-state index contributed by atoms with van der Waals surface area (Å²) in [4.78, 5) is 33.7. The number of fused-ring (bicyclic) bond motifs is 3. The van der Waals surface area contributed by atoms with Crippen LogP contribution in [-0.4, -0.2) is 16.6 Å². The van der Waals surface area contributed by atoms with Crippen LogP contribution in [0.3, 0.4) is 0 Å². The monoisotopic (exact) mass is 432 g/mol. The molecule has 0 aliphatic heterocycles. The van der Waals surface area contributed by atoms with Crippen molar-refractivity contribution in [2.45, 2.75) is 0 Å². The van der Waals surface area contributed by atoms with Gasteiger partial charge in [-0.05, 0) is 29.0 Å². The van der Waals surface area contributed by atoms with Crippen molar-refractivity contribution in [3.63, 3.8) is 0 Å². The molecule has 5 nitrogen and oxygen atoms in total. The topological polar surface area (TPSA) is 64.5 Å². The number of carbonyl (C=O) groups excluding carboxylic acids is 2. The van der Waals surface area contributed by atoms with Crippen molar-refractivity contribution in [1.29, 1.82) is 0 Å². The van der Waals surface area contributed by atoms with Gasteiger partial charge in [0, 0.05) is 22.8 Å². The highest BCUT2D eigenvalue weighted by Gasteiger charge is 2.33. The Balaban J connectivity index is 1.36. The molecule has 0 fully saturated rings. The second-order valence-electron chi connectivity index (χ2n) is 7.45. The van der Waals surface area contributed by atoms with E-state index < -0.39 is 0 Å². The SMILES string of the molecule is [C-]#[N+]c1ccc(-c2cc3sc(C=C4C(=O)c5cc6ccccc6cc5C4=O)nc3o2)cc1. The predicted molar refractivity (Wildman–Crippen MR) is 124 cm³/mol. The second kappa shape index (κ2) is 6.84. The number of hydrogen-bond donors (Lipinski definition) is 0. The highest BCUT2D eigenvalue weighted by Crippen LogP contribution is 2.35. The van der Waals surface area contributed by atoms with Crippen molar-refractivity contribution >= 4 is 55.9 Å². The van der Waals surface area contributed by atoms with Gasteiger partial charge in [0.2, 0.25) is 5.71 Å². The molecule has 6 rings (SSSR count). The molecule has 0 radical (unpaired) electrons. The smallest absolute Gasteiger partial charge is 0.238 e. The molecule has 0 saturated heterocycles. The lowest BCUT2D eigenvalue weighted by Crippen LogP contribution is -2.00. The lowest BCUT2D eigenvalue weighted by molar-refractivity contribution is 0.0990. The molecule has 0 amide bonds. The maximum atomic E-state index is 12.9. The Labute approximate surface area is 186 Å². The Morgan fingerprint density at radius 2 is 1.56 bits per heavy atom. The van der Waals surface area contributed by atoms with Gasteiger partial charge in [-0.15, -0.1) is 11.3 Å². The number of hydrogen-bond acceptors (Lipinski definition) is 5. The summed E-state index contributed by atoms with van der Waals surface area (Å²) in [6, 6.07) is 20.2. The van der Waals surface area contributed by atoms with Gasteiger partial charge < -0.3 is 4.42 Å². The average Bonchev–Trinajstić information content (AvgIpc) is 3.45. The van der Waals surface area contributed by atoms with E-state index in [1.54, 1.807) is 30.3 Å². The van der Waals surface area contributed by atoms with E-state index in [-0.39, 0.29) is 17.1 Å². The molecule has 2 heterocycles. The predicted octanol–water partition coefficient (Wildman–Crippen LogP) is 6.72. The standard InChI is InChI=1S/C26H12N2O3S/c1-27-17-8-6-14(7-9-17)21-13-22-26(31-21)28-23(32-22)12-20-24(29)18-10-15-4-2-3-5-16(15)11-19(18)25(20)30/h2-13H. The summed E-state index contributed by atoms with van der Waals surface area (Å²) in [6.45, 7) is 7.05. The van der Waals surface area contributed by atoms with Gasteiger partial charge in [0.05, 0.1) is 16.8 Å². The zero-order valence-corrected chi connectivity index (χ0v) is 17.3. The third-order valence-corrected chi connectivity index (χ3v) is 6.45. The van der Waals surface area contributed by atoms with Crippen LogP contribution in [0.5, 0.6) is 0 Å². The Morgan fingerprint density at radius 1 is 0.906 bits per heavy atom. The van der Waals surface area contributed by atoms with Gasteiger partial charge in [-0.3, -0.25) is 9.59 Å². The molecule has 0 atom stereocenters. The summed E-state index contributed by atoms with van der Waals surface area (Å²) in [7, 11) is 0. The zero-order valence-electron chi connectivity index (χ0n) is 16.5. The number of carbonyl (C=O) groups is 2. The van der Waals surface area contributed by atoms with Gasteiger partial charge in [-0.25, -0.2) is 9.83 Å². The average molecular weight is 432 g/mol. The van der Waals surface area contributed by atoms with Crippen molar-refractivity contribution in [1.82, 2.24) is 4.98 Å². The molecule has 1 aliphatic rings. The van der Waals surface area contributed by atoms with E-state index in [9.17, 15) is 9.59 Å². The van der Waals surface area contributed by atoms with E-state index in [1.165, 1.54) is 11.3 Å². The first-order valence-corrected chi connectivity index (χ1v) is 10.6. The van der Waals surface area contributed by atoms with Crippen LogP contribution in [0.25, 0.3) is 43.4 Å². The fraction of sp³-hybridized carbons (Fsp3) is 0. The minimum Gasteiger partial charge on any atom is -0.437 e. The van der Waals surface area contributed by atoms with Crippen LogP contribution in [0.15, 0.2) is 76.7 Å². The van der Waals surface area contributed by atoms with Gasteiger partial charge in [0.1, 0.15) is 10.8 Å². The fourth-order valence-corrected chi connectivity index (χ4v) is 4.79. The number of nitrogens with zero attached hydrogens (tertiary/aromatic N) is 2. The molecule has 0 spiro atoms. The number of Topliss-reactive ketones (excluding diaryl/α,β-unsaturated/α-hetero) is 2. The number of furan rings is 1. The van der Waals surface area contributed by atoms with Crippen LogP contribution in [0.4, 0.5) is 5.69 Å². The van der Waals surface area contributed by atoms with E-state index in [1.807, 2.05) is 42.5 Å². The number of rotatable bonds is 2. The van der Waals surface area contributed by atoms with E-state index in [0.717, 1.165) is 21.0 Å². The van der Waals surface area contributed by atoms with E-state index in [2.05, 4.69) is 9.83 Å². The molecule has 5 aromatic rings. The lowest BCUT2D eigenvalue weighted by Gasteiger charge is -2.00. The molecule has 1 aliphatic carbocycles. The largest absolute Gasteiger partial charge is 0.437 e. The van der Waals surface area contributed by atoms with Crippen LogP contribution >= 0.6 is 11.3 Å². The highest BCUT2D eigenvalue weighted by molar-refractivity contribution is 7.19. The summed E-state index contributed by atoms with van der Waals surface area (Å²) in [5.41, 5.74) is 2.87. The minimum atomic E-state index is -0.275. The van der Waals surface area contributed by atoms with Crippen molar-refractivity contribution in [2.24, 2.45) is 0 Å². The zero-order chi connectivity index (χ0) is 21.8. The third-order valence-electron chi connectivity index (χ3n) is 5.52. The van der Waals surface area contributed by atoms with E-state index >= 15 is 0 Å². The van der Waals surface area contributed by atoms with Gasteiger partial charge in [0.25, 0.3) is 0 Å². The molecule has 32 heavy (non-hydrogen) atoms. The first-order chi connectivity index (χ1) is 15.6. The first kappa shape index (κ1) is 18.4. The second-order valence-corrected chi connectivity index (χ2v) is 8.51. The number of allylic oxidation sites excluding steroid dienone is 1. The molecule has 0 saturated carbocycles. The first-order valence-electron chi connectivity index (χ1n) is 9.83. The van der Waals surface area contributed by atoms with Crippen molar-refractivity contribution in [2.75, 3.05) is 0 Å². The Hall–Kier alpha value is -4.34. The van der Waals surface area contributed by atoms with Gasteiger partial charge in [-0.2, -0.15) is 0 Å². The maximum Gasteiger partial charge on any atom is 0.238 e. The van der Waals surface area contributed by atoms with Crippen LogP contribution in [0.2, 0.25) is 0 Å². The molecule has 2 aromatic heterocycles. The molecular weight excluding hydrogens is 420 g/mol. The number of ketones is 2. The quantitative estimate of drug-likeness (QED) is 0.176. The van der Waals surface area contributed by atoms with Gasteiger partial charge >= 0.3 is 0 Å². The summed E-state index contributed by atoms with van der Waals surface area (Å²) in [5.74, 6) is 0.105. The molecule has 0 unspecified atom stereocenters. The van der Waals surface area contributed by atoms with Crippen molar-refractivity contribution in [3.05, 3.63) is 99.9 Å². The van der Waals surface area contributed by atoms with Crippen LogP contribution in [-0.2, 0) is 0 Å². The summed E-state index contributed by atoms with van der Waals surface area (Å²) in [6.07, 6.45) is 1.56. The van der Waals surface area contributed by atoms with Crippen molar-refractivity contribution in [3.8, 4) is 11.3 Å². The van der Waals surface area contributed by atoms with Crippen LogP contribution in [0, 0.1) is 6.57 Å². The van der Waals surface area contributed by atoms with E-state index in [4.69, 9.17) is 11.0 Å². The van der Waals surface area contributed by atoms with Crippen molar-refractivity contribution < 1.29 is 14.0 Å². The number of thiazole rings is 1. The number of benzene rings is 3. The summed E-state index contributed by atoms with van der Waals surface area (Å²) >= 11 is 1.36. The van der Waals surface area contributed by atoms with Crippen LogP contribution < -0.4 is 0 Å². The molecule has 3 aromatic carbocycles. The van der Waals surface area contributed by atoms with Gasteiger partial charge in [-0.1, -0.05) is 48.5 Å². The highest BCUT2D eigenvalue weighted by atomic mass is 32.1. The molecular formula is C26H12N2O3S. The Bertz CT molecular complexity index is 1580.